The Morgan fingerprint density at radius 3 is 2.65 bits per heavy atom. The standard InChI is InChI=1S/C18H16N4S/c1-12-20-21-17-11-19-18(13-6-4-3-5-7-13)15-10-14(23-2)8-9-16(15)22(12)17/h3-10H,11H2,1-2H3. The lowest BCUT2D eigenvalue weighted by atomic mass is 10.0. The molecule has 0 bridgehead atoms. The Balaban J connectivity index is 2.00. The number of benzene rings is 2. The Kier molecular flexibility index (Phi) is 3.50. The molecule has 0 unspecified atom stereocenters. The van der Waals surface area contributed by atoms with E-state index in [-0.39, 0.29) is 0 Å². The number of nitrogens with zero attached hydrogens (tertiary/aromatic N) is 4. The highest BCUT2D eigenvalue weighted by Crippen LogP contribution is 2.29. The number of hydrogen-bond donors (Lipinski definition) is 0. The van der Waals surface area contributed by atoms with Crippen molar-refractivity contribution in [1.29, 1.82) is 0 Å². The van der Waals surface area contributed by atoms with Crippen LogP contribution in [0.2, 0.25) is 0 Å². The van der Waals surface area contributed by atoms with Gasteiger partial charge in [-0.3, -0.25) is 9.56 Å². The van der Waals surface area contributed by atoms with Crippen LogP contribution >= 0.6 is 11.8 Å². The zero-order chi connectivity index (χ0) is 15.8. The first-order chi connectivity index (χ1) is 11.3. The monoisotopic (exact) mass is 320 g/mol. The molecule has 1 aromatic heterocycles. The maximum Gasteiger partial charge on any atom is 0.159 e. The lowest BCUT2D eigenvalue weighted by Crippen LogP contribution is -2.08. The molecule has 0 saturated carbocycles. The minimum Gasteiger partial charge on any atom is -0.281 e. The van der Waals surface area contributed by atoms with Crippen molar-refractivity contribution in [3.8, 4) is 5.69 Å². The quantitative estimate of drug-likeness (QED) is 0.677. The van der Waals surface area contributed by atoms with E-state index in [1.165, 1.54) is 4.90 Å². The van der Waals surface area contributed by atoms with Gasteiger partial charge in [-0.1, -0.05) is 30.3 Å². The number of fused-ring (bicyclic) bond motifs is 3. The Morgan fingerprint density at radius 2 is 1.87 bits per heavy atom. The average Bonchev–Trinajstić information content (AvgIpc) is 2.88. The molecule has 0 atom stereocenters. The van der Waals surface area contributed by atoms with E-state index in [9.17, 15) is 0 Å². The van der Waals surface area contributed by atoms with Gasteiger partial charge in [-0.2, -0.15) is 0 Å². The largest absolute Gasteiger partial charge is 0.281 e. The van der Waals surface area contributed by atoms with Gasteiger partial charge in [0.1, 0.15) is 12.4 Å². The minimum atomic E-state index is 0.536. The fraction of sp³-hybridized carbons (Fsp3) is 0.167. The zero-order valence-electron chi connectivity index (χ0n) is 13.0. The summed E-state index contributed by atoms with van der Waals surface area (Å²) in [5.74, 6) is 1.77. The summed E-state index contributed by atoms with van der Waals surface area (Å²) < 4.78 is 2.11. The Hall–Kier alpha value is -2.40. The molecule has 4 rings (SSSR count). The van der Waals surface area contributed by atoms with E-state index in [1.807, 2.05) is 25.1 Å². The maximum atomic E-state index is 4.85. The molecule has 0 aliphatic carbocycles. The third-order valence-electron chi connectivity index (χ3n) is 4.02. The summed E-state index contributed by atoms with van der Waals surface area (Å²) in [5.41, 5.74) is 4.37. The van der Waals surface area contributed by atoms with E-state index in [1.54, 1.807) is 11.8 Å². The molecule has 1 aliphatic rings. The van der Waals surface area contributed by atoms with Gasteiger partial charge in [0.15, 0.2) is 5.82 Å². The van der Waals surface area contributed by atoms with Crippen LogP contribution in [0.5, 0.6) is 0 Å². The number of aliphatic imine (C=N–C) groups is 1. The number of aryl methyl sites for hydroxylation is 1. The molecule has 2 aromatic carbocycles. The van der Waals surface area contributed by atoms with E-state index in [2.05, 4.69) is 51.4 Å². The molecule has 0 fully saturated rings. The van der Waals surface area contributed by atoms with Gasteiger partial charge in [0, 0.05) is 16.0 Å². The Labute approximate surface area is 139 Å². The summed E-state index contributed by atoms with van der Waals surface area (Å²) in [6.07, 6.45) is 2.09. The second-order valence-electron chi connectivity index (χ2n) is 5.41. The van der Waals surface area contributed by atoms with Gasteiger partial charge >= 0.3 is 0 Å². The SMILES string of the molecule is CSc1ccc2c(c1)C(c1ccccc1)=NCc1nnc(C)n1-2. The lowest BCUT2D eigenvalue weighted by molar-refractivity contribution is 0.861. The highest BCUT2D eigenvalue weighted by molar-refractivity contribution is 7.98. The summed E-state index contributed by atoms with van der Waals surface area (Å²) >= 11 is 1.74. The van der Waals surface area contributed by atoms with Crippen LogP contribution in [-0.4, -0.2) is 26.7 Å². The average molecular weight is 320 g/mol. The van der Waals surface area contributed by atoms with Gasteiger partial charge in [0.2, 0.25) is 0 Å². The fourth-order valence-corrected chi connectivity index (χ4v) is 3.37. The number of hydrogen-bond acceptors (Lipinski definition) is 4. The summed E-state index contributed by atoms with van der Waals surface area (Å²) in [6, 6.07) is 16.8. The highest BCUT2D eigenvalue weighted by atomic mass is 32.2. The van der Waals surface area contributed by atoms with Crippen molar-refractivity contribution in [2.75, 3.05) is 6.26 Å². The van der Waals surface area contributed by atoms with Crippen molar-refractivity contribution in [2.24, 2.45) is 4.99 Å². The van der Waals surface area contributed by atoms with Crippen molar-refractivity contribution in [1.82, 2.24) is 14.8 Å². The molecular formula is C18H16N4S. The molecule has 114 valence electrons. The second-order valence-corrected chi connectivity index (χ2v) is 6.29. The topological polar surface area (TPSA) is 43.1 Å². The molecule has 0 spiro atoms. The molecule has 5 heteroatoms. The van der Waals surface area contributed by atoms with Crippen LogP contribution < -0.4 is 0 Å². The van der Waals surface area contributed by atoms with Crippen LogP contribution in [0.1, 0.15) is 22.8 Å². The molecule has 0 amide bonds. The van der Waals surface area contributed by atoms with Gasteiger partial charge < -0.3 is 0 Å². The lowest BCUT2D eigenvalue weighted by Gasteiger charge is -2.13. The summed E-state index contributed by atoms with van der Waals surface area (Å²) in [5, 5.41) is 8.50. The third-order valence-corrected chi connectivity index (χ3v) is 4.74. The van der Waals surface area contributed by atoms with Crippen molar-refractivity contribution in [3.63, 3.8) is 0 Å². The first-order valence-electron chi connectivity index (χ1n) is 7.47. The number of thioether (sulfide) groups is 1. The Morgan fingerprint density at radius 1 is 1.04 bits per heavy atom. The van der Waals surface area contributed by atoms with Crippen molar-refractivity contribution in [2.45, 2.75) is 18.4 Å². The summed E-state index contributed by atoms with van der Waals surface area (Å²) in [4.78, 5) is 6.07. The first kappa shape index (κ1) is 14.2. The van der Waals surface area contributed by atoms with E-state index in [4.69, 9.17) is 4.99 Å². The smallest absolute Gasteiger partial charge is 0.159 e. The molecule has 23 heavy (non-hydrogen) atoms. The van der Waals surface area contributed by atoms with Crippen LogP contribution in [0.3, 0.4) is 0 Å². The molecule has 0 radical (unpaired) electrons. The molecule has 2 heterocycles. The van der Waals surface area contributed by atoms with Crippen LogP contribution in [0, 0.1) is 6.92 Å². The Bertz CT molecular complexity index is 897. The molecule has 0 saturated heterocycles. The summed E-state index contributed by atoms with van der Waals surface area (Å²) in [7, 11) is 0. The number of aromatic nitrogens is 3. The molecule has 1 aliphatic heterocycles. The van der Waals surface area contributed by atoms with Gasteiger partial charge in [0.25, 0.3) is 0 Å². The molecule has 4 nitrogen and oxygen atoms in total. The van der Waals surface area contributed by atoms with Crippen LogP contribution in [0.4, 0.5) is 0 Å². The van der Waals surface area contributed by atoms with Crippen LogP contribution in [0.15, 0.2) is 58.4 Å². The molecule has 3 aromatic rings. The van der Waals surface area contributed by atoms with Gasteiger partial charge in [-0.25, -0.2) is 0 Å². The van der Waals surface area contributed by atoms with Crippen LogP contribution in [-0.2, 0) is 6.54 Å². The van der Waals surface area contributed by atoms with E-state index in [0.717, 1.165) is 34.2 Å². The van der Waals surface area contributed by atoms with Gasteiger partial charge in [-0.05, 0) is 31.4 Å². The first-order valence-corrected chi connectivity index (χ1v) is 8.70. The van der Waals surface area contributed by atoms with Crippen LogP contribution in [0.25, 0.3) is 5.69 Å². The third kappa shape index (κ3) is 2.37. The number of rotatable bonds is 2. The molecular weight excluding hydrogens is 304 g/mol. The predicted molar refractivity (Wildman–Crippen MR) is 93.7 cm³/mol. The van der Waals surface area contributed by atoms with E-state index >= 15 is 0 Å². The van der Waals surface area contributed by atoms with E-state index in [0.29, 0.717) is 6.54 Å². The fourth-order valence-electron chi connectivity index (χ4n) is 2.93. The van der Waals surface area contributed by atoms with Crippen molar-refractivity contribution in [3.05, 3.63) is 71.3 Å². The zero-order valence-corrected chi connectivity index (χ0v) is 13.8. The van der Waals surface area contributed by atoms with Gasteiger partial charge in [0.05, 0.1) is 11.4 Å². The normalized spacial score (nSPS) is 13.0. The summed E-state index contributed by atoms with van der Waals surface area (Å²) in [6.45, 7) is 2.52. The second kappa shape index (κ2) is 5.66. The van der Waals surface area contributed by atoms with Gasteiger partial charge in [-0.15, -0.1) is 22.0 Å². The van der Waals surface area contributed by atoms with Crippen molar-refractivity contribution >= 4 is 17.5 Å². The molecule has 0 N–H and O–H groups in total. The van der Waals surface area contributed by atoms with Crippen molar-refractivity contribution < 1.29 is 0 Å². The highest BCUT2D eigenvalue weighted by Gasteiger charge is 2.21. The van der Waals surface area contributed by atoms with E-state index < -0.39 is 0 Å². The predicted octanol–water partition coefficient (Wildman–Crippen LogP) is 3.65. The minimum absolute atomic E-state index is 0.536. The maximum absolute atomic E-state index is 4.85.